The number of aromatic nitrogens is 4. The van der Waals surface area contributed by atoms with E-state index in [-0.39, 0.29) is 0 Å². The zero-order chi connectivity index (χ0) is 24.4. The summed E-state index contributed by atoms with van der Waals surface area (Å²) in [5.74, 6) is 1.89. The molecule has 4 aromatic rings. The molecule has 0 spiro atoms. The molecule has 0 bridgehead atoms. The molecule has 2 aromatic heterocycles. The van der Waals surface area contributed by atoms with Gasteiger partial charge >= 0.3 is 0 Å². The van der Waals surface area contributed by atoms with Crippen LogP contribution in [0.2, 0.25) is 0 Å². The molecule has 2 aromatic carbocycles. The number of sulfonamides is 1. The maximum Gasteiger partial charge on any atom is 0.211 e. The van der Waals surface area contributed by atoms with Crippen molar-refractivity contribution in [2.24, 2.45) is 0 Å². The lowest BCUT2D eigenvalue weighted by atomic mass is 10.1. The van der Waals surface area contributed by atoms with Crippen LogP contribution in [0.5, 0.6) is 0 Å². The smallest absolute Gasteiger partial charge is 0.211 e. The third kappa shape index (κ3) is 5.18. The van der Waals surface area contributed by atoms with Crippen LogP contribution < -0.4 is 10.2 Å². The van der Waals surface area contributed by atoms with E-state index in [2.05, 4.69) is 20.4 Å². The van der Waals surface area contributed by atoms with Gasteiger partial charge in [0.1, 0.15) is 5.82 Å². The highest BCUT2D eigenvalue weighted by atomic mass is 32.2. The average Bonchev–Trinajstić information content (AvgIpc) is 3.27. The van der Waals surface area contributed by atoms with Crippen LogP contribution in [0.25, 0.3) is 23.1 Å². The van der Waals surface area contributed by atoms with Gasteiger partial charge < -0.3 is 10.2 Å². The number of hydrogen-bond donors (Lipinski definition) is 2. The van der Waals surface area contributed by atoms with E-state index in [4.69, 9.17) is 9.97 Å². The van der Waals surface area contributed by atoms with E-state index in [1.165, 1.54) is 10.6 Å². The van der Waals surface area contributed by atoms with E-state index in [9.17, 15) is 8.42 Å². The van der Waals surface area contributed by atoms with Crippen molar-refractivity contribution in [1.82, 2.24) is 24.5 Å². The molecule has 1 aliphatic rings. The summed E-state index contributed by atoms with van der Waals surface area (Å²) in [5.41, 5.74) is 3.76. The maximum absolute atomic E-state index is 12.0. The molecule has 10 heteroatoms. The first kappa shape index (κ1) is 23.0. The Morgan fingerprint density at radius 1 is 0.971 bits per heavy atom. The van der Waals surface area contributed by atoms with Gasteiger partial charge in [-0.2, -0.15) is 9.40 Å². The second-order valence-electron chi connectivity index (χ2n) is 8.56. The minimum atomic E-state index is -3.21. The number of nitrogens with one attached hydrogen (secondary N) is 2. The minimum absolute atomic E-state index is 0.440. The number of nitrogens with zero attached hydrogens (tertiary/aromatic N) is 5. The predicted octanol–water partition coefficient (Wildman–Crippen LogP) is 3.66. The number of fused-ring (bicyclic) bond motifs is 1. The molecule has 180 valence electrons. The van der Waals surface area contributed by atoms with Gasteiger partial charge in [0, 0.05) is 43.6 Å². The normalized spacial score (nSPS) is 15.2. The van der Waals surface area contributed by atoms with Crippen molar-refractivity contribution in [2.45, 2.75) is 6.92 Å². The van der Waals surface area contributed by atoms with Gasteiger partial charge in [-0.25, -0.2) is 18.4 Å². The third-order valence-corrected chi connectivity index (χ3v) is 7.25. The summed E-state index contributed by atoms with van der Waals surface area (Å²) in [7, 11) is -3.21. The van der Waals surface area contributed by atoms with E-state index in [0.717, 1.165) is 27.8 Å². The Labute approximate surface area is 204 Å². The van der Waals surface area contributed by atoms with E-state index < -0.39 is 10.0 Å². The number of piperazine rings is 1. The second kappa shape index (κ2) is 9.47. The van der Waals surface area contributed by atoms with Crippen LogP contribution in [0.3, 0.4) is 0 Å². The molecule has 1 saturated heterocycles. The van der Waals surface area contributed by atoms with Gasteiger partial charge in [-0.1, -0.05) is 42.5 Å². The molecule has 0 amide bonds. The first-order chi connectivity index (χ1) is 16.9. The van der Waals surface area contributed by atoms with Crippen LogP contribution >= 0.6 is 0 Å². The molecule has 3 heterocycles. The Bertz CT molecular complexity index is 1470. The summed E-state index contributed by atoms with van der Waals surface area (Å²) in [6.45, 7) is 3.99. The van der Waals surface area contributed by atoms with Crippen LogP contribution in [-0.2, 0) is 10.0 Å². The average molecular weight is 490 g/mol. The van der Waals surface area contributed by atoms with Crippen LogP contribution in [0.4, 0.5) is 17.3 Å². The molecule has 0 saturated carbocycles. The zero-order valence-corrected chi connectivity index (χ0v) is 20.5. The van der Waals surface area contributed by atoms with Gasteiger partial charge in [-0.15, -0.1) is 0 Å². The lowest BCUT2D eigenvalue weighted by Gasteiger charge is -2.35. The maximum atomic E-state index is 12.0. The molecule has 9 nitrogen and oxygen atoms in total. The monoisotopic (exact) mass is 489 g/mol. The zero-order valence-electron chi connectivity index (χ0n) is 19.6. The number of aromatic amines is 1. The fourth-order valence-corrected chi connectivity index (χ4v) is 5.04. The molecular weight excluding hydrogens is 462 g/mol. The number of anilines is 3. The summed E-state index contributed by atoms with van der Waals surface area (Å²) < 4.78 is 25.4. The molecule has 0 aliphatic carbocycles. The van der Waals surface area contributed by atoms with Crippen LogP contribution in [-0.4, -0.2) is 65.3 Å². The van der Waals surface area contributed by atoms with Crippen molar-refractivity contribution in [3.63, 3.8) is 0 Å². The van der Waals surface area contributed by atoms with Crippen molar-refractivity contribution in [2.75, 3.05) is 42.7 Å². The molecule has 5 rings (SSSR count). The lowest BCUT2D eigenvalue weighted by molar-refractivity contribution is 0.388. The molecular formula is C25H27N7O2S. The van der Waals surface area contributed by atoms with E-state index >= 15 is 0 Å². The number of aryl methyl sites for hydroxylation is 1. The van der Waals surface area contributed by atoms with Crippen LogP contribution in [0.15, 0.2) is 54.6 Å². The fourth-order valence-electron chi connectivity index (χ4n) is 4.21. The fraction of sp³-hybridized carbons (Fsp3) is 0.240. The third-order valence-electron chi connectivity index (χ3n) is 5.94. The number of H-pyrrole nitrogens is 1. The standard InChI is InChI=1S/C25H27N7O2S/c1-18-17-23(30-29-18)28-25-24-20(26-22(27-25)12-11-19-7-4-3-5-8-19)9-6-10-21(24)31-13-15-32(16-14-31)35(2,33)34/h3-12,17H,13-16H2,1-2H3,(H2,26,27,28,29,30)/b12-11+. The molecule has 0 unspecified atom stereocenters. The van der Waals surface area contributed by atoms with Crippen molar-refractivity contribution < 1.29 is 8.42 Å². The van der Waals surface area contributed by atoms with E-state index in [1.807, 2.05) is 73.7 Å². The van der Waals surface area contributed by atoms with Crippen LogP contribution in [0, 0.1) is 6.92 Å². The van der Waals surface area contributed by atoms with Gasteiger partial charge in [-0.3, -0.25) is 5.10 Å². The number of benzene rings is 2. The SMILES string of the molecule is Cc1cc(Nc2nc(/C=C/c3ccccc3)nc3cccc(N4CCN(S(C)(=O)=O)CC4)c23)n[nH]1. The van der Waals surface area contributed by atoms with Crippen molar-refractivity contribution in [1.29, 1.82) is 0 Å². The molecule has 35 heavy (non-hydrogen) atoms. The first-order valence-corrected chi connectivity index (χ1v) is 13.2. The Balaban J connectivity index is 1.55. The summed E-state index contributed by atoms with van der Waals surface area (Å²) >= 11 is 0. The first-order valence-electron chi connectivity index (χ1n) is 11.4. The predicted molar refractivity (Wildman–Crippen MR) is 140 cm³/mol. The van der Waals surface area contributed by atoms with E-state index in [1.54, 1.807) is 0 Å². The van der Waals surface area contributed by atoms with E-state index in [0.29, 0.717) is 43.6 Å². The quantitative estimate of drug-likeness (QED) is 0.426. The summed E-state index contributed by atoms with van der Waals surface area (Å²) in [5, 5.41) is 11.5. The Kier molecular flexibility index (Phi) is 6.23. The molecule has 2 N–H and O–H groups in total. The van der Waals surface area contributed by atoms with Gasteiger partial charge in [0.2, 0.25) is 10.0 Å². The Morgan fingerprint density at radius 2 is 1.74 bits per heavy atom. The second-order valence-corrected chi connectivity index (χ2v) is 10.5. The summed E-state index contributed by atoms with van der Waals surface area (Å²) in [6, 6.07) is 17.9. The Hall–Kier alpha value is -3.76. The minimum Gasteiger partial charge on any atom is -0.368 e. The number of rotatable bonds is 6. The topological polar surface area (TPSA) is 107 Å². The highest BCUT2D eigenvalue weighted by molar-refractivity contribution is 7.88. The van der Waals surface area contributed by atoms with Gasteiger partial charge in [-0.05, 0) is 30.7 Å². The van der Waals surface area contributed by atoms with Crippen molar-refractivity contribution >= 4 is 50.4 Å². The highest BCUT2D eigenvalue weighted by Crippen LogP contribution is 2.33. The van der Waals surface area contributed by atoms with Crippen molar-refractivity contribution in [3.05, 3.63) is 71.7 Å². The molecule has 0 radical (unpaired) electrons. The van der Waals surface area contributed by atoms with Gasteiger partial charge in [0.15, 0.2) is 11.6 Å². The Morgan fingerprint density at radius 3 is 2.43 bits per heavy atom. The van der Waals surface area contributed by atoms with Gasteiger partial charge in [0.25, 0.3) is 0 Å². The largest absolute Gasteiger partial charge is 0.368 e. The van der Waals surface area contributed by atoms with Crippen LogP contribution in [0.1, 0.15) is 17.1 Å². The molecule has 0 atom stereocenters. The summed E-state index contributed by atoms with van der Waals surface area (Å²) in [4.78, 5) is 11.8. The van der Waals surface area contributed by atoms with Crippen molar-refractivity contribution in [3.8, 4) is 0 Å². The summed E-state index contributed by atoms with van der Waals surface area (Å²) in [6.07, 6.45) is 5.14. The van der Waals surface area contributed by atoms with Gasteiger partial charge in [0.05, 0.1) is 17.2 Å². The molecule has 1 fully saturated rings. The highest BCUT2D eigenvalue weighted by Gasteiger charge is 2.25. The number of hydrogen-bond acceptors (Lipinski definition) is 7. The lowest BCUT2D eigenvalue weighted by Crippen LogP contribution is -2.48. The molecule has 1 aliphatic heterocycles.